The second kappa shape index (κ2) is 13.2. The van der Waals surface area contributed by atoms with Gasteiger partial charge in [-0.05, 0) is 60.2 Å². The first-order valence-corrected chi connectivity index (χ1v) is 13.1. The van der Waals surface area contributed by atoms with Crippen molar-refractivity contribution in [2.24, 2.45) is 5.41 Å². The molecule has 4 rings (SSSR count). The molecule has 0 fully saturated rings. The Kier molecular flexibility index (Phi) is 10.2. The van der Waals surface area contributed by atoms with E-state index in [0.29, 0.717) is 27.8 Å². The molecular weight excluding hydrogens is 628 g/mol. The molecule has 3 N–H and O–H groups in total. The van der Waals surface area contributed by atoms with Gasteiger partial charge in [0.1, 0.15) is 11.6 Å². The second-order valence-electron chi connectivity index (χ2n) is 10.7. The highest BCUT2D eigenvalue weighted by molar-refractivity contribution is 6.06. The molecule has 15 heteroatoms. The van der Waals surface area contributed by atoms with Crippen LogP contribution < -0.4 is 20.7 Å². The lowest BCUT2D eigenvalue weighted by molar-refractivity contribution is -0.274. The summed E-state index contributed by atoms with van der Waals surface area (Å²) in [4.78, 5) is 34.2. The summed E-state index contributed by atoms with van der Waals surface area (Å²) in [6.07, 6.45) is -9.68. The van der Waals surface area contributed by atoms with Crippen LogP contribution in [-0.2, 0) is 17.5 Å². The maximum atomic E-state index is 13.8. The van der Waals surface area contributed by atoms with Crippen molar-refractivity contribution in [3.05, 3.63) is 77.4 Å². The number of nitrogens with zero attached hydrogens (tertiary/aromatic N) is 2. The third-order valence-electron chi connectivity index (χ3n) is 6.31. The van der Waals surface area contributed by atoms with Gasteiger partial charge in [-0.3, -0.25) is 9.59 Å². The van der Waals surface area contributed by atoms with Crippen LogP contribution in [0.3, 0.4) is 0 Å². The molecule has 1 aromatic heterocycles. The normalized spacial score (nSPS) is 11.9. The van der Waals surface area contributed by atoms with E-state index in [2.05, 4.69) is 30.7 Å². The van der Waals surface area contributed by atoms with Crippen LogP contribution in [0.1, 0.15) is 42.3 Å². The topological polar surface area (TPSA) is 105 Å². The molecule has 0 spiro atoms. The molecule has 4 aromatic rings. The first-order chi connectivity index (χ1) is 20.4. The Morgan fingerprint density at radius 2 is 1.53 bits per heavy atom. The monoisotopic (exact) mass is 655 g/mol. The van der Waals surface area contributed by atoms with Crippen LogP contribution in [0.4, 0.5) is 37.8 Å². The number of anilines is 2. The quantitative estimate of drug-likeness (QED) is 0.177. The summed E-state index contributed by atoms with van der Waals surface area (Å²) in [5.74, 6) is -1.28. The predicted octanol–water partition coefficient (Wildman–Crippen LogP) is 7.59. The van der Waals surface area contributed by atoms with E-state index in [-0.39, 0.29) is 36.4 Å². The summed E-state index contributed by atoms with van der Waals surface area (Å²) in [5, 5.41) is 8.54. The fraction of sp³-hybridized carbons (Fsp3) is 0.267. The van der Waals surface area contributed by atoms with Crippen molar-refractivity contribution >= 4 is 46.6 Å². The fourth-order valence-corrected chi connectivity index (χ4v) is 4.12. The van der Waals surface area contributed by atoms with Gasteiger partial charge >= 0.3 is 12.5 Å². The molecule has 0 unspecified atom stereocenters. The van der Waals surface area contributed by atoms with E-state index >= 15 is 0 Å². The van der Waals surface area contributed by atoms with Crippen molar-refractivity contribution in [1.29, 1.82) is 0 Å². The van der Waals surface area contributed by atoms with E-state index in [1.807, 2.05) is 0 Å². The van der Waals surface area contributed by atoms with Gasteiger partial charge in [0.15, 0.2) is 5.82 Å². The minimum absolute atomic E-state index is 0. The molecule has 1 heterocycles. The number of nitrogens with one attached hydrogen (secondary N) is 3. The van der Waals surface area contributed by atoms with Crippen LogP contribution in [0, 0.1) is 5.41 Å². The average Bonchev–Trinajstić information content (AvgIpc) is 2.93. The van der Waals surface area contributed by atoms with E-state index in [0.717, 1.165) is 24.3 Å². The fourth-order valence-electron chi connectivity index (χ4n) is 4.12. The van der Waals surface area contributed by atoms with Crippen molar-refractivity contribution in [1.82, 2.24) is 15.3 Å². The molecule has 0 aliphatic rings. The number of carbonyl (C=O) groups is 2. The maximum Gasteiger partial charge on any atom is 0.573 e. The number of benzene rings is 3. The van der Waals surface area contributed by atoms with E-state index < -0.39 is 40.7 Å². The van der Waals surface area contributed by atoms with Crippen LogP contribution in [0.2, 0.25) is 0 Å². The smallest absolute Gasteiger partial charge is 0.406 e. The largest absolute Gasteiger partial charge is 0.573 e. The first kappa shape index (κ1) is 34.9. The van der Waals surface area contributed by atoms with Crippen LogP contribution in [0.25, 0.3) is 22.3 Å². The molecule has 45 heavy (non-hydrogen) atoms. The van der Waals surface area contributed by atoms with Crippen LogP contribution in [0.5, 0.6) is 5.75 Å². The number of rotatable bonds is 7. The lowest BCUT2D eigenvalue weighted by Gasteiger charge is -2.19. The zero-order valence-electron chi connectivity index (χ0n) is 24.3. The number of aromatic nitrogens is 2. The van der Waals surface area contributed by atoms with Crippen molar-refractivity contribution < 1.29 is 40.7 Å². The molecule has 0 atom stereocenters. The highest BCUT2D eigenvalue weighted by atomic mass is 35.5. The van der Waals surface area contributed by atoms with Crippen LogP contribution in [-0.4, -0.2) is 35.2 Å². The zero-order chi connectivity index (χ0) is 32.4. The minimum Gasteiger partial charge on any atom is -0.406 e. The van der Waals surface area contributed by atoms with Gasteiger partial charge in [-0.1, -0.05) is 26.8 Å². The maximum absolute atomic E-state index is 13.8. The molecule has 0 aliphatic carbocycles. The van der Waals surface area contributed by atoms with E-state index in [1.54, 1.807) is 33.9 Å². The predicted molar refractivity (Wildman–Crippen MR) is 159 cm³/mol. The summed E-state index contributed by atoms with van der Waals surface area (Å²) in [5.41, 5.74) is -1.43. The molecule has 0 aliphatic heterocycles. The molecule has 0 saturated carbocycles. The number of ether oxygens (including phenoxy) is 1. The summed E-state index contributed by atoms with van der Waals surface area (Å²) < 4.78 is 82.9. The molecular formula is C30H28ClF6N5O3. The summed E-state index contributed by atoms with van der Waals surface area (Å²) in [7, 11) is 1.59. The number of hydrogen-bond acceptors (Lipinski definition) is 6. The Morgan fingerprint density at radius 1 is 0.867 bits per heavy atom. The van der Waals surface area contributed by atoms with Gasteiger partial charge in [-0.25, -0.2) is 9.97 Å². The van der Waals surface area contributed by atoms with Crippen molar-refractivity contribution in [3.8, 4) is 17.1 Å². The van der Waals surface area contributed by atoms with Crippen molar-refractivity contribution in [3.63, 3.8) is 0 Å². The third-order valence-corrected chi connectivity index (χ3v) is 6.31. The highest BCUT2D eigenvalue weighted by Crippen LogP contribution is 2.34. The number of alkyl halides is 6. The highest BCUT2D eigenvalue weighted by Gasteiger charge is 2.35. The number of fused-ring (bicyclic) bond motifs is 1. The van der Waals surface area contributed by atoms with Gasteiger partial charge in [0.25, 0.3) is 5.91 Å². The SMILES string of the molecule is CNc1nc(-c2ccc(OC(F)(F)F)cc2)nc2cc(NC(=O)c3cc(CNC(=O)C(C)(C)C)ccc3C(F)(F)F)ccc12.Cl. The van der Waals surface area contributed by atoms with Gasteiger partial charge in [0, 0.05) is 35.6 Å². The number of halogens is 7. The Balaban J connectivity index is 0.00000552. The lowest BCUT2D eigenvalue weighted by atomic mass is 9.95. The summed E-state index contributed by atoms with van der Waals surface area (Å²) >= 11 is 0. The standard InChI is InChI=1S/C30H27F6N5O3.ClH/c1-28(2,3)27(43)38-15-16-5-12-22(29(31,32)33)21(13-16)26(42)39-18-8-11-20-23(14-18)40-24(41-25(20)37-4)17-6-9-19(10-7-17)44-30(34,35)36;/h5-14H,15H2,1-4H3,(H,38,43)(H,39,42)(H,37,40,41);1H. The van der Waals surface area contributed by atoms with E-state index in [9.17, 15) is 35.9 Å². The number of amides is 2. The van der Waals surface area contributed by atoms with Gasteiger partial charge in [0.2, 0.25) is 5.91 Å². The zero-order valence-corrected chi connectivity index (χ0v) is 25.1. The van der Waals surface area contributed by atoms with Gasteiger partial charge in [0.05, 0.1) is 16.6 Å². The Hall–Kier alpha value is -4.59. The van der Waals surface area contributed by atoms with Crippen LogP contribution in [0.15, 0.2) is 60.7 Å². The Bertz CT molecular complexity index is 1700. The van der Waals surface area contributed by atoms with E-state index in [1.165, 1.54) is 30.3 Å². The third kappa shape index (κ3) is 8.75. The summed E-state index contributed by atoms with van der Waals surface area (Å²) in [6.45, 7) is 4.98. The molecule has 2 amide bonds. The molecule has 0 bridgehead atoms. The molecule has 8 nitrogen and oxygen atoms in total. The first-order valence-electron chi connectivity index (χ1n) is 13.1. The minimum atomic E-state index is -4.86. The van der Waals surface area contributed by atoms with Crippen LogP contribution >= 0.6 is 12.4 Å². The average molecular weight is 656 g/mol. The lowest BCUT2D eigenvalue weighted by Crippen LogP contribution is -2.34. The number of carbonyl (C=O) groups excluding carboxylic acids is 2. The molecule has 0 radical (unpaired) electrons. The van der Waals surface area contributed by atoms with Gasteiger partial charge in [-0.15, -0.1) is 25.6 Å². The summed E-state index contributed by atoms with van der Waals surface area (Å²) in [6, 6.07) is 12.4. The van der Waals surface area contributed by atoms with Gasteiger partial charge in [-0.2, -0.15) is 13.2 Å². The second-order valence-corrected chi connectivity index (χ2v) is 10.7. The molecule has 0 saturated heterocycles. The van der Waals surface area contributed by atoms with Crippen molar-refractivity contribution in [2.45, 2.75) is 39.9 Å². The molecule has 240 valence electrons. The Morgan fingerprint density at radius 3 is 2.11 bits per heavy atom. The van der Waals surface area contributed by atoms with Crippen molar-refractivity contribution in [2.75, 3.05) is 17.7 Å². The van der Waals surface area contributed by atoms with E-state index in [4.69, 9.17) is 0 Å². The molecule has 3 aromatic carbocycles. The van der Waals surface area contributed by atoms with Gasteiger partial charge < -0.3 is 20.7 Å². The Labute approximate surface area is 260 Å². The number of hydrogen-bond donors (Lipinski definition) is 3.